The molecule has 9 nitrogen and oxygen atoms in total. The van der Waals surface area contributed by atoms with Crippen molar-refractivity contribution >= 4 is 50.7 Å². The first kappa shape index (κ1) is 25.8. The molecule has 0 spiro atoms. The number of nitro groups is 1. The topological polar surface area (TPSA) is 98.0 Å². The quantitative estimate of drug-likeness (QED) is 0.331. The number of hydrogen-bond acceptors (Lipinski definition) is 8. The predicted molar refractivity (Wildman–Crippen MR) is 135 cm³/mol. The largest absolute Gasteiger partial charge is 0.494 e. The molecular weight excluding hydrogens is 480 g/mol. The van der Waals surface area contributed by atoms with Gasteiger partial charge in [0.25, 0.3) is 11.6 Å². The number of halogens is 1. The number of aromatic nitrogens is 1. The van der Waals surface area contributed by atoms with Gasteiger partial charge >= 0.3 is 0 Å². The van der Waals surface area contributed by atoms with E-state index in [1.807, 2.05) is 19.1 Å². The SMILES string of the molecule is COc1ccc(C)c2sc(N(CCCN3CCOCC3)C(=O)c3ccc([N+](=O)[O-])cc3)nc12.Cl. The van der Waals surface area contributed by atoms with Crippen LogP contribution in [0.2, 0.25) is 0 Å². The molecule has 1 fully saturated rings. The Balaban J connectivity index is 0.00000324. The van der Waals surface area contributed by atoms with E-state index in [0.29, 0.717) is 23.0 Å². The predicted octanol–water partition coefficient (Wildman–Crippen LogP) is 4.31. The number of aryl methyl sites for hydroxylation is 1. The summed E-state index contributed by atoms with van der Waals surface area (Å²) in [6.07, 6.45) is 0.769. The molecule has 1 saturated heterocycles. The fourth-order valence-electron chi connectivity index (χ4n) is 3.82. The lowest BCUT2D eigenvalue weighted by molar-refractivity contribution is -0.384. The molecule has 0 aliphatic carbocycles. The molecule has 3 aromatic rings. The van der Waals surface area contributed by atoms with Gasteiger partial charge in [-0.2, -0.15) is 0 Å². The van der Waals surface area contributed by atoms with Gasteiger partial charge in [0.1, 0.15) is 11.3 Å². The molecule has 34 heavy (non-hydrogen) atoms. The van der Waals surface area contributed by atoms with Crippen molar-refractivity contribution in [2.45, 2.75) is 13.3 Å². The maximum Gasteiger partial charge on any atom is 0.269 e. The van der Waals surface area contributed by atoms with E-state index < -0.39 is 4.92 Å². The highest BCUT2D eigenvalue weighted by molar-refractivity contribution is 7.22. The molecule has 0 radical (unpaired) electrons. The van der Waals surface area contributed by atoms with E-state index in [2.05, 4.69) is 4.90 Å². The van der Waals surface area contributed by atoms with Gasteiger partial charge < -0.3 is 9.47 Å². The smallest absolute Gasteiger partial charge is 0.269 e. The zero-order chi connectivity index (χ0) is 23.4. The maximum atomic E-state index is 13.5. The molecule has 4 rings (SSSR count). The normalized spacial score (nSPS) is 13.9. The van der Waals surface area contributed by atoms with Crippen molar-refractivity contribution in [3.05, 3.63) is 57.6 Å². The number of carbonyl (C=O) groups excluding carboxylic acids is 1. The van der Waals surface area contributed by atoms with E-state index in [1.54, 1.807) is 12.0 Å². The molecule has 1 amide bonds. The van der Waals surface area contributed by atoms with Gasteiger partial charge in [0, 0.05) is 43.9 Å². The van der Waals surface area contributed by atoms with Crippen molar-refractivity contribution in [3.8, 4) is 5.75 Å². The summed E-state index contributed by atoms with van der Waals surface area (Å²) in [6, 6.07) is 9.55. The maximum absolute atomic E-state index is 13.5. The Bertz CT molecular complexity index is 1150. The molecule has 0 atom stereocenters. The zero-order valence-electron chi connectivity index (χ0n) is 19.1. The van der Waals surface area contributed by atoms with Gasteiger partial charge in [0.2, 0.25) is 0 Å². The number of nitrogens with zero attached hydrogens (tertiary/aromatic N) is 4. The molecule has 2 aromatic carbocycles. The Morgan fingerprint density at radius 1 is 1.24 bits per heavy atom. The molecule has 2 heterocycles. The van der Waals surface area contributed by atoms with E-state index in [0.717, 1.165) is 55.0 Å². The summed E-state index contributed by atoms with van der Waals surface area (Å²) in [5.74, 6) is 0.428. The minimum Gasteiger partial charge on any atom is -0.494 e. The Labute approximate surface area is 207 Å². The number of nitro benzene ring substituents is 1. The highest BCUT2D eigenvalue weighted by Crippen LogP contribution is 2.37. The van der Waals surface area contributed by atoms with E-state index in [-0.39, 0.29) is 24.0 Å². The number of carbonyl (C=O) groups is 1. The second-order valence-corrected chi connectivity index (χ2v) is 8.80. The summed E-state index contributed by atoms with van der Waals surface area (Å²) in [5, 5.41) is 11.6. The third-order valence-corrected chi connectivity index (χ3v) is 6.89. The molecule has 1 aliphatic heterocycles. The Morgan fingerprint density at radius 3 is 2.59 bits per heavy atom. The molecule has 0 N–H and O–H groups in total. The van der Waals surface area contributed by atoms with Crippen molar-refractivity contribution < 1.29 is 19.2 Å². The van der Waals surface area contributed by atoms with Gasteiger partial charge in [-0.25, -0.2) is 4.98 Å². The lowest BCUT2D eigenvalue weighted by Gasteiger charge is -2.27. The fraction of sp³-hybridized carbons (Fsp3) is 0.391. The number of anilines is 1. The molecule has 0 saturated carbocycles. The van der Waals surface area contributed by atoms with Crippen LogP contribution < -0.4 is 9.64 Å². The number of thiazole rings is 1. The molecule has 0 bridgehead atoms. The van der Waals surface area contributed by atoms with Gasteiger partial charge in [-0.15, -0.1) is 12.4 Å². The first-order chi connectivity index (χ1) is 16.0. The Kier molecular flexibility index (Phi) is 8.78. The molecule has 182 valence electrons. The number of methoxy groups -OCH3 is 1. The number of hydrogen-bond donors (Lipinski definition) is 0. The van der Waals surface area contributed by atoms with Crippen LogP contribution in [0.4, 0.5) is 10.8 Å². The lowest BCUT2D eigenvalue weighted by atomic mass is 10.2. The summed E-state index contributed by atoms with van der Waals surface area (Å²) >= 11 is 1.45. The Hall–Kier alpha value is -2.79. The summed E-state index contributed by atoms with van der Waals surface area (Å²) in [4.78, 5) is 32.8. The minimum atomic E-state index is -0.475. The third-order valence-electron chi connectivity index (χ3n) is 5.67. The number of rotatable bonds is 8. The van der Waals surface area contributed by atoms with Crippen LogP contribution >= 0.6 is 23.7 Å². The van der Waals surface area contributed by atoms with Crippen LogP contribution in [-0.4, -0.2) is 67.2 Å². The van der Waals surface area contributed by atoms with Crippen molar-refractivity contribution in [2.24, 2.45) is 0 Å². The number of morpholine rings is 1. The van der Waals surface area contributed by atoms with E-state index in [4.69, 9.17) is 14.5 Å². The first-order valence-corrected chi connectivity index (χ1v) is 11.6. The second kappa shape index (κ2) is 11.6. The van der Waals surface area contributed by atoms with Crippen LogP contribution in [0.5, 0.6) is 5.75 Å². The standard InChI is InChI=1S/C23H26N4O5S.ClH/c1-16-4-9-19(31-2)20-21(16)33-23(24-20)26(11-3-10-25-12-14-32-15-13-25)22(28)17-5-7-18(8-6-17)27(29)30;/h4-9H,3,10-15H2,1-2H3;1H. The summed E-state index contributed by atoms with van der Waals surface area (Å²) in [7, 11) is 1.60. The van der Waals surface area contributed by atoms with E-state index in [1.165, 1.54) is 35.6 Å². The summed E-state index contributed by atoms with van der Waals surface area (Å²) in [6.45, 7) is 6.55. The Morgan fingerprint density at radius 2 is 1.94 bits per heavy atom. The number of non-ortho nitro benzene ring substituents is 1. The van der Waals surface area contributed by atoms with E-state index in [9.17, 15) is 14.9 Å². The van der Waals surface area contributed by atoms with Crippen LogP contribution in [0.25, 0.3) is 10.2 Å². The molecule has 11 heteroatoms. The van der Waals surface area contributed by atoms with Crippen molar-refractivity contribution in [1.82, 2.24) is 9.88 Å². The molecule has 1 aromatic heterocycles. The van der Waals surface area contributed by atoms with E-state index >= 15 is 0 Å². The average Bonchev–Trinajstić information content (AvgIpc) is 3.28. The number of amides is 1. The van der Waals surface area contributed by atoms with Crippen molar-refractivity contribution in [3.63, 3.8) is 0 Å². The molecule has 0 unspecified atom stereocenters. The molecule has 1 aliphatic rings. The second-order valence-electron chi connectivity index (χ2n) is 7.83. The van der Waals surface area contributed by atoms with Gasteiger partial charge in [-0.1, -0.05) is 17.4 Å². The summed E-state index contributed by atoms with van der Waals surface area (Å²) in [5.41, 5.74) is 2.12. The number of benzene rings is 2. The van der Waals surface area contributed by atoms with Crippen LogP contribution in [0.1, 0.15) is 22.3 Å². The first-order valence-electron chi connectivity index (χ1n) is 10.8. The van der Waals surface area contributed by atoms with Gasteiger partial charge in [-0.3, -0.25) is 24.7 Å². The van der Waals surface area contributed by atoms with Gasteiger partial charge in [0.15, 0.2) is 5.13 Å². The zero-order valence-corrected chi connectivity index (χ0v) is 20.7. The minimum absolute atomic E-state index is 0. The van der Waals surface area contributed by atoms with Crippen LogP contribution in [0.15, 0.2) is 36.4 Å². The highest BCUT2D eigenvalue weighted by atomic mass is 35.5. The van der Waals surface area contributed by atoms with Gasteiger partial charge in [-0.05, 0) is 37.1 Å². The van der Waals surface area contributed by atoms with Crippen molar-refractivity contribution in [1.29, 1.82) is 0 Å². The monoisotopic (exact) mass is 506 g/mol. The van der Waals surface area contributed by atoms with Crippen LogP contribution in [-0.2, 0) is 4.74 Å². The van der Waals surface area contributed by atoms with Crippen molar-refractivity contribution in [2.75, 3.05) is 51.4 Å². The third kappa shape index (κ3) is 5.64. The number of fused-ring (bicyclic) bond motifs is 1. The average molecular weight is 507 g/mol. The summed E-state index contributed by atoms with van der Waals surface area (Å²) < 4.78 is 11.9. The van der Waals surface area contributed by atoms with Gasteiger partial charge in [0.05, 0.1) is 29.9 Å². The lowest BCUT2D eigenvalue weighted by Crippen LogP contribution is -2.39. The van der Waals surface area contributed by atoms with Crippen LogP contribution in [0.3, 0.4) is 0 Å². The number of ether oxygens (including phenoxy) is 2. The molecular formula is C23H27ClN4O5S. The van der Waals surface area contributed by atoms with Crippen LogP contribution in [0, 0.1) is 17.0 Å². The fourth-order valence-corrected chi connectivity index (χ4v) is 4.90. The highest BCUT2D eigenvalue weighted by Gasteiger charge is 2.24.